The fraction of sp³-hybridized carbons (Fsp3) is 0.900. The highest BCUT2D eigenvalue weighted by atomic mass is 32.2. The number of hydrogen-bond acceptors (Lipinski definition) is 2. The maximum absolute atomic E-state index is 2.46. The van der Waals surface area contributed by atoms with E-state index in [1.54, 1.807) is 0 Å². The van der Waals surface area contributed by atoms with Crippen molar-refractivity contribution in [1.29, 1.82) is 0 Å². The maximum atomic E-state index is 2.46. The van der Waals surface area contributed by atoms with E-state index in [4.69, 9.17) is 0 Å². The molecule has 1 rings (SSSR count). The summed E-state index contributed by atoms with van der Waals surface area (Å²) < 4.78 is 2.46. The topological polar surface area (TPSA) is 3.01 Å². The summed E-state index contributed by atoms with van der Waals surface area (Å²) in [6.07, 6.45) is 7.80. The summed E-state index contributed by atoms with van der Waals surface area (Å²) in [5.41, 5.74) is 2.29. The van der Waals surface area contributed by atoms with E-state index in [0.717, 1.165) is 0 Å². The second-order valence-corrected chi connectivity index (χ2v) is 5.36. The van der Waals surface area contributed by atoms with Gasteiger partial charge in [0.15, 0.2) is 12.1 Å². The molecule has 0 saturated heterocycles. The van der Waals surface area contributed by atoms with Crippen LogP contribution >= 0.6 is 23.5 Å². The molecular weight excluding hydrogens is 198 g/mol. The lowest BCUT2D eigenvalue weighted by atomic mass is 10.2. The van der Waals surface area contributed by atoms with Gasteiger partial charge in [0.05, 0.1) is 5.75 Å². The van der Waals surface area contributed by atoms with Crippen molar-refractivity contribution < 1.29 is 4.58 Å². The third-order valence-corrected chi connectivity index (χ3v) is 3.83. The molecule has 1 heterocycles. The van der Waals surface area contributed by atoms with Gasteiger partial charge in [-0.25, -0.2) is 4.58 Å². The number of hydrogen-bond donors (Lipinski definition) is 0. The summed E-state index contributed by atoms with van der Waals surface area (Å²) in [5, 5.41) is 0. The molecule has 76 valence electrons. The SMILES string of the molecule is CSCCCCCC[N+]1=CSCC1. The fourth-order valence-corrected chi connectivity index (χ4v) is 2.82. The molecule has 0 N–H and O–H groups in total. The molecule has 0 aromatic carbocycles. The standard InChI is InChI=1S/C10H20NS2/c1-12-8-5-3-2-4-6-11-7-9-13-10-11/h10H,2-9H2,1H3/q+1. The second kappa shape index (κ2) is 7.74. The van der Waals surface area contributed by atoms with E-state index < -0.39 is 0 Å². The predicted molar refractivity (Wildman–Crippen MR) is 65.4 cm³/mol. The molecular formula is C10H20NS2+. The molecule has 0 radical (unpaired) electrons. The minimum atomic E-state index is 1.27. The summed E-state index contributed by atoms with van der Waals surface area (Å²) >= 11 is 3.92. The fourth-order valence-electron chi connectivity index (χ4n) is 1.46. The van der Waals surface area contributed by atoms with Crippen LogP contribution < -0.4 is 0 Å². The van der Waals surface area contributed by atoms with Crippen molar-refractivity contribution in [3.8, 4) is 0 Å². The van der Waals surface area contributed by atoms with Crippen LogP contribution in [0.3, 0.4) is 0 Å². The molecule has 0 saturated carbocycles. The molecule has 1 nitrogen and oxygen atoms in total. The smallest absolute Gasteiger partial charge is 0.198 e. The van der Waals surface area contributed by atoms with Gasteiger partial charge in [0.2, 0.25) is 0 Å². The van der Waals surface area contributed by atoms with Crippen molar-refractivity contribution in [1.82, 2.24) is 0 Å². The summed E-state index contributed by atoms with van der Waals surface area (Å²) in [4.78, 5) is 0. The van der Waals surface area contributed by atoms with Gasteiger partial charge in [0, 0.05) is 6.42 Å². The molecule has 13 heavy (non-hydrogen) atoms. The first-order valence-corrected chi connectivity index (χ1v) is 7.55. The van der Waals surface area contributed by atoms with Crippen LogP contribution in [0.5, 0.6) is 0 Å². The Bertz CT molecular complexity index is 157. The lowest BCUT2D eigenvalue weighted by molar-refractivity contribution is -0.514. The normalized spacial score (nSPS) is 16.2. The monoisotopic (exact) mass is 218 g/mol. The number of rotatable bonds is 7. The van der Waals surface area contributed by atoms with Crippen LogP contribution in [0, 0.1) is 0 Å². The zero-order chi connectivity index (χ0) is 9.36. The van der Waals surface area contributed by atoms with E-state index in [1.165, 1.54) is 50.3 Å². The molecule has 0 aliphatic carbocycles. The van der Waals surface area contributed by atoms with Gasteiger partial charge in [0.1, 0.15) is 6.54 Å². The molecule has 0 fully saturated rings. The van der Waals surface area contributed by atoms with Crippen molar-refractivity contribution in [3.05, 3.63) is 0 Å². The Balaban J connectivity index is 1.83. The van der Waals surface area contributed by atoms with E-state index in [0.29, 0.717) is 0 Å². The Labute approximate surface area is 90.4 Å². The van der Waals surface area contributed by atoms with Gasteiger partial charge < -0.3 is 0 Å². The van der Waals surface area contributed by atoms with Crippen molar-refractivity contribution in [2.75, 3.05) is 30.9 Å². The lowest BCUT2D eigenvalue weighted by Gasteiger charge is -1.98. The van der Waals surface area contributed by atoms with Crippen LogP contribution in [-0.2, 0) is 0 Å². The van der Waals surface area contributed by atoms with Crippen LogP contribution in [0.4, 0.5) is 0 Å². The Hall–Kier alpha value is 0.370. The molecule has 0 spiro atoms. The molecule has 1 aliphatic heterocycles. The quantitative estimate of drug-likeness (QED) is 0.477. The number of nitrogens with zero attached hydrogens (tertiary/aromatic N) is 1. The van der Waals surface area contributed by atoms with Gasteiger partial charge in [-0.15, -0.1) is 0 Å². The average Bonchev–Trinajstić information content (AvgIpc) is 2.63. The minimum Gasteiger partial charge on any atom is -0.230 e. The summed E-state index contributed by atoms with van der Waals surface area (Å²) in [7, 11) is 0. The molecule has 0 amide bonds. The van der Waals surface area contributed by atoms with E-state index >= 15 is 0 Å². The van der Waals surface area contributed by atoms with Crippen molar-refractivity contribution >= 4 is 29.1 Å². The van der Waals surface area contributed by atoms with Gasteiger partial charge in [-0.2, -0.15) is 11.8 Å². The van der Waals surface area contributed by atoms with E-state index in [9.17, 15) is 0 Å². The summed E-state index contributed by atoms with van der Waals surface area (Å²) in [5.74, 6) is 2.64. The van der Waals surface area contributed by atoms with E-state index in [-0.39, 0.29) is 0 Å². The van der Waals surface area contributed by atoms with E-state index in [1.807, 2.05) is 23.5 Å². The van der Waals surface area contributed by atoms with Gasteiger partial charge >= 0.3 is 0 Å². The molecule has 0 aromatic rings. The Morgan fingerprint density at radius 2 is 2.15 bits per heavy atom. The Morgan fingerprint density at radius 1 is 1.31 bits per heavy atom. The number of unbranched alkanes of at least 4 members (excludes halogenated alkanes) is 3. The molecule has 0 aromatic heterocycles. The first-order valence-electron chi connectivity index (χ1n) is 5.11. The summed E-state index contributed by atoms with van der Waals surface area (Å²) in [6.45, 7) is 2.56. The highest BCUT2D eigenvalue weighted by Gasteiger charge is 2.09. The predicted octanol–water partition coefficient (Wildman–Crippen LogP) is 2.70. The van der Waals surface area contributed by atoms with Gasteiger partial charge in [-0.1, -0.05) is 18.2 Å². The minimum absolute atomic E-state index is 1.27. The molecule has 1 aliphatic rings. The molecule has 3 heteroatoms. The van der Waals surface area contributed by atoms with Gasteiger partial charge in [-0.05, 0) is 24.9 Å². The number of thioether (sulfide) groups is 2. The van der Waals surface area contributed by atoms with Crippen LogP contribution in [0.25, 0.3) is 0 Å². The highest BCUT2D eigenvalue weighted by molar-refractivity contribution is 8.12. The maximum Gasteiger partial charge on any atom is 0.198 e. The Kier molecular flexibility index (Phi) is 6.82. The molecule has 0 unspecified atom stereocenters. The van der Waals surface area contributed by atoms with Crippen molar-refractivity contribution in [3.63, 3.8) is 0 Å². The lowest BCUT2D eigenvalue weighted by Crippen LogP contribution is -2.11. The zero-order valence-electron chi connectivity index (χ0n) is 8.50. The second-order valence-electron chi connectivity index (χ2n) is 3.42. The Morgan fingerprint density at radius 3 is 2.85 bits per heavy atom. The van der Waals surface area contributed by atoms with E-state index in [2.05, 4.69) is 16.4 Å². The average molecular weight is 218 g/mol. The zero-order valence-corrected chi connectivity index (χ0v) is 10.1. The van der Waals surface area contributed by atoms with Crippen LogP contribution in [0.1, 0.15) is 25.7 Å². The van der Waals surface area contributed by atoms with Crippen LogP contribution in [0.2, 0.25) is 0 Å². The third kappa shape index (κ3) is 5.63. The molecule has 0 atom stereocenters. The first kappa shape index (κ1) is 11.4. The largest absolute Gasteiger partial charge is 0.230 e. The molecule has 0 bridgehead atoms. The van der Waals surface area contributed by atoms with Crippen molar-refractivity contribution in [2.45, 2.75) is 25.7 Å². The van der Waals surface area contributed by atoms with Gasteiger partial charge in [-0.3, -0.25) is 0 Å². The van der Waals surface area contributed by atoms with Crippen molar-refractivity contribution in [2.24, 2.45) is 0 Å². The van der Waals surface area contributed by atoms with Crippen LogP contribution in [-0.4, -0.2) is 41.0 Å². The van der Waals surface area contributed by atoms with Gasteiger partial charge in [0.25, 0.3) is 0 Å². The third-order valence-electron chi connectivity index (χ3n) is 2.26. The van der Waals surface area contributed by atoms with Crippen LogP contribution in [0.15, 0.2) is 0 Å². The summed E-state index contributed by atoms with van der Waals surface area (Å²) in [6, 6.07) is 0. The first-order chi connectivity index (χ1) is 6.43. The highest BCUT2D eigenvalue weighted by Crippen LogP contribution is 2.07.